The molecule has 4 nitrogen and oxygen atoms in total. The molecule has 1 atom stereocenters. The fourth-order valence-corrected chi connectivity index (χ4v) is 3.24. The minimum Gasteiger partial charge on any atom is -0.459 e. The van der Waals surface area contributed by atoms with E-state index in [1.165, 1.54) is 0 Å². The molecule has 0 radical (unpaired) electrons. The van der Waals surface area contributed by atoms with Crippen LogP contribution in [0, 0.1) is 12.8 Å². The summed E-state index contributed by atoms with van der Waals surface area (Å²) in [5, 5.41) is 1.14. The van der Waals surface area contributed by atoms with E-state index in [1.54, 1.807) is 0 Å². The molecule has 3 rings (SSSR count). The molecule has 1 aromatic carbocycles. The standard InChI is InChI=1S/C17H24N2O2/c1-3-20-14-7-12(8-14)9-15(19-18)16-10-13-6-4-5-11(2)17(13)21-16/h4-6,10,12,14-15,19H,3,7-9,18H2,1-2H3. The maximum absolute atomic E-state index is 6.02. The highest BCUT2D eigenvalue weighted by atomic mass is 16.5. The molecule has 1 heterocycles. The van der Waals surface area contributed by atoms with Crippen molar-refractivity contribution in [1.29, 1.82) is 0 Å². The normalized spacial score (nSPS) is 23.2. The second kappa shape index (κ2) is 6.18. The maximum atomic E-state index is 6.02. The van der Waals surface area contributed by atoms with E-state index in [4.69, 9.17) is 15.0 Å². The molecule has 0 amide bonds. The average molecular weight is 288 g/mol. The topological polar surface area (TPSA) is 60.4 Å². The first kappa shape index (κ1) is 14.6. The molecule has 1 saturated carbocycles. The first-order valence-corrected chi connectivity index (χ1v) is 7.78. The molecule has 0 saturated heterocycles. The molecule has 0 aliphatic heterocycles. The second-order valence-electron chi connectivity index (χ2n) is 6.01. The molecule has 21 heavy (non-hydrogen) atoms. The van der Waals surface area contributed by atoms with Crippen LogP contribution in [0.2, 0.25) is 0 Å². The molecule has 1 aromatic heterocycles. The molecular weight excluding hydrogens is 264 g/mol. The fraction of sp³-hybridized carbons (Fsp3) is 0.529. The van der Waals surface area contributed by atoms with Gasteiger partial charge in [0, 0.05) is 12.0 Å². The van der Waals surface area contributed by atoms with Crippen molar-refractivity contribution in [2.75, 3.05) is 6.61 Å². The van der Waals surface area contributed by atoms with Crippen molar-refractivity contribution in [3.05, 3.63) is 35.6 Å². The maximum Gasteiger partial charge on any atom is 0.137 e. The van der Waals surface area contributed by atoms with Crippen LogP contribution in [0.1, 0.15) is 43.6 Å². The lowest BCUT2D eigenvalue weighted by molar-refractivity contribution is -0.0296. The largest absolute Gasteiger partial charge is 0.459 e. The number of hydrazine groups is 1. The zero-order valence-electron chi connectivity index (χ0n) is 12.8. The van der Waals surface area contributed by atoms with Gasteiger partial charge < -0.3 is 9.15 Å². The number of benzene rings is 1. The van der Waals surface area contributed by atoms with Crippen LogP contribution in [0.5, 0.6) is 0 Å². The van der Waals surface area contributed by atoms with E-state index >= 15 is 0 Å². The zero-order chi connectivity index (χ0) is 14.8. The highest BCUT2D eigenvalue weighted by Gasteiger charge is 2.32. The first-order chi connectivity index (χ1) is 10.2. The lowest BCUT2D eigenvalue weighted by Crippen LogP contribution is -2.36. The minimum absolute atomic E-state index is 0.0735. The zero-order valence-corrected chi connectivity index (χ0v) is 12.8. The molecule has 1 aliphatic carbocycles. The van der Waals surface area contributed by atoms with Gasteiger partial charge in [-0.05, 0) is 50.7 Å². The fourth-order valence-electron chi connectivity index (χ4n) is 3.24. The summed E-state index contributed by atoms with van der Waals surface area (Å²) in [6, 6.07) is 8.38. The summed E-state index contributed by atoms with van der Waals surface area (Å²) >= 11 is 0. The van der Waals surface area contributed by atoms with Crippen LogP contribution in [0.3, 0.4) is 0 Å². The molecule has 3 N–H and O–H groups in total. The van der Waals surface area contributed by atoms with Crippen molar-refractivity contribution in [3.63, 3.8) is 0 Å². The van der Waals surface area contributed by atoms with E-state index in [2.05, 4.69) is 36.6 Å². The van der Waals surface area contributed by atoms with Crippen molar-refractivity contribution in [2.45, 2.75) is 45.3 Å². The number of ether oxygens (including phenoxy) is 1. The SMILES string of the molecule is CCOC1CC(CC(NN)c2cc3cccc(C)c3o2)C1. The molecule has 1 aliphatic rings. The van der Waals surface area contributed by atoms with Crippen molar-refractivity contribution in [1.82, 2.24) is 5.43 Å². The number of rotatable bonds is 6. The van der Waals surface area contributed by atoms with Gasteiger partial charge in [-0.15, -0.1) is 0 Å². The van der Waals surface area contributed by atoms with E-state index in [1.807, 2.05) is 6.92 Å². The summed E-state index contributed by atoms with van der Waals surface area (Å²) in [6.07, 6.45) is 3.70. The van der Waals surface area contributed by atoms with Gasteiger partial charge in [-0.25, -0.2) is 5.43 Å². The van der Waals surface area contributed by atoms with E-state index in [0.29, 0.717) is 12.0 Å². The van der Waals surface area contributed by atoms with Gasteiger partial charge in [-0.3, -0.25) is 5.84 Å². The highest BCUT2D eigenvalue weighted by molar-refractivity contribution is 5.80. The van der Waals surface area contributed by atoms with Crippen molar-refractivity contribution >= 4 is 11.0 Å². The van der Waals surface area contributed by atoms with Crippen LogP contribution in [-0.2, 0) is 4.74 Å². The molecular formula is C17H24N2O2. The number of furan rings is 1. The van der Waals surface area contributed by atoms with Gasteiger partial charge in [0.2, 0.25) is 0 Å². The highest BCUT2D eigenvalue weighted by Crippen LogP contribution is 2.38. The van der Waals surface area contributed by atoms with Gasteiger partial charge in [0.05, 0.1) is 12.1 Å². The average Bonchev–Trinajstić information content (AvgIpc) is 2.86. The third-order valence-corrected chi connectivity index (χ3v) is 4.47. The predicted octanol–water partition coefficient (Wildman–Crippen LogP) is 3.45. The molecule has 114 valence electrons. The van der Waals surface area contributed by atoms with Crippen molar-refractivity contribution < 1.29 is 9.15 Å². The minimum atomic E-state index is 0.0735. The van der Waals surface area contributed by atoms with Gasteiger partial charge in [0.25, 0.3) is 0 Å². The Labute approximate surface area is 125 Å². The number of fused-ring (bicyclic) bond motifs is 1. The Hall–Kier alpha value is -1.36. The summed E-state index contributed by atoms with van der Waals surface area (Å²) in [7, 11) is 0. The Morgan fingerprint density at radius 3 is 2.90 bits per heavy atom. The van der Waals surface area contributed by atoms with Gasteiger partial charge >= 0.3 is 0 Å². The number of nitrogens with one attached hydrogen (secondary N) is 1. The number of hydrogen-bond acceptors (Lipinski definition) is 4. The van der Waals surface area contributed by atoms with E-state index in [0.717, 1.165) is 48.2 Å². The van der Waals surface area contributed by atoms with Gasteiger partial charge in [0.15, 0.2) is 0 Å². The first-order valence-electron chi connectivity index (χ1n) is 7.78. The van der Waals surface area contributed by atoms with Crippen molar-refractivity contribution in [2.24, 2.45) is 11.8 Å². The van der Waals surface area contributed by atoms with Crippen LogP contribution < -0.4 is 11.3 Å². The second-order valence-corrected chi connectivity index (χ2v) is 6.01. The third-order valence-electron chi connectivity index (χ3n) is 4.47. The van der Waals surface area contributed by atoms with Crippen LogP contribution >= 0.6 is 0 Å². The smallest absolute Gasteiger partial charge is 0.137 e. The molecule has 0 bridgehead atoms. The van der Waals surface area contributed by atoms with E-state index < -0.39 is 0 Å². The van der Waals surface area contributed by atoms with Crippen LogP contribution in [0.4, 0.5) is 0 Å². The number of para-hydroxylation sites is 1. The Balaban J connectivity index is 1.69. The van der Waals surface area contributed by atoms with Crippen LogP contribution in [0.25, 0.3) is 11.0 Å². The quantitative estimate of drug-likeness (QED) is 0.631. The lowest BCUT2D eigenvalue weighted by Gasteiger charge is -2.36. The molecule has 0 spiro atoms. The summed E-state index contributed by atoms with van der Waals surface area (Å²) in [6.45, 7) is 4.92. The molecule has 1 fully saturated rings. The lowest BCUT2D eigenvalue weighted by atomic mass is 9.78. The Kier molecular flexibility index (Phi) is 4.29. The number of aryl methyl sites for hydroxylation is 1. The van der Waals surface area contributed by atoms with E-state index in [9.17, 15) is 0 Å². The van der Waals surface area contributed by atoms with Crippen LogP contribution in [0.15, 0.2) is 28.7 Å². The summed E-state index contributed by atoms with van der Waals surface area (Å²) in [5.41, 5.74) is 5.04. The predicted molar refractivity (Wildman–Crippen MR) is 83.8 cm³/mol. The monoisotopic (exact) mass is 288 g/mol. The molecule has 2 aromatic rings. The number of hydrogen-bond donors (Lipinski definition) is 2. The third kappa shape index (κ3) is 2.98. The summed E-state index contributed by atoms with van der Waals surface area (Å²) < 4.78 is 11.6. The summed E-state index contributed by atoms with van der Waals surface area (Å²) in [5.74, 6) is 7.34. The molecule has 1 unspecified atom stereocenters. The molecule has 4 heteroatoms. The van der Waals surface area contributed by atoms with Gasteiger partial charge in [0.1, 0.15) is 11.3 Å². The Morgan fingerprint density at radius 2 is 2.24 bits per heavy atom. The summed E-state index contributed by atoms with van der Waals surface area (Å²) in [4.78, 5) is 0. The van der Waals surface area contributed by atoms with Gasteiger partial charge in [-0.1, -0.05) is 18.2 Å². The van der Waals surface area contributed by atoms with E-state index in [-0.39, 0.29) is 6.04 Å². The Morgan fingerprint density at radius 1 is 1.43 bits per heavy atom. The number of nitrogens with two attached hydrogens (primary N) is 1. The van der Waals surface area contributed by atoms with Crippen molar-refractivity contribution in [3.8, 4) is 0 Å². The Bertz CT molecular complexity index is 602. The van der Waals surface area contributed by atoms with Crippen LogP contribution in [-0.4, -0.2) is 12.7 Å². The van der Waals surface area contributed by atoms with Gasteiger partial charge in [-0.2, -0.15) is 0 Å².